The zero-order valence-corrected chi connectivity index (χ0v) is 12.2. The first-order valence-corrected chi connectivity index (χ1v) is 6.74. The maximum absolute atomic E-state index is 12.5. The molecule has 0 saturated carbocycles. The second-order valence-electron chi connectivity index (χ2n) is 5.13. The van der Waals surface area contributed by atoms with Gasteiger partial charge in [-0.25, -0.2) is 0 Å². The highest BCUT2D eigenvalue weighted by atomic mass is 19.3. The first kappa shape index (κ1) is 15.5. The summed E-state index contributed by atoms with van der Waals surface area (Å²) in [5, 5.41) is 0. The molecule has 0 aromatic heterocycles. The van der Waals surface area contributed by atoms with Crippen molar-refractivity contribution in [2.45, 2.75) is 12.7 Å². The average Bonchev–Trinajstić information content (AvgIpc) is 2.77. The molecule has 0 radical (unpaired) electrons. The van der Waals surface area contributed by atoms with E-state index in [0.29, 0.717) is 24.6 Å². The van der Waals surface area contributed by atoms with Crippen LogP contribution in [0.25, 0.3) is 0 Å². The highest BCUT2D eigenvalue weighted by molar-refractivity contribution is 5.80. The fourth-order valence-electron chi connectivity index (χ4n) is 2.33. The summed E-state index contributed by atoms with van der Waals surface area (Å²) in [5.41, 5.74) is 6.59. The van der Waals surface area contributed by atoms with Crippen LogP contribution in [0.1, 0.15) is 11.6 Å². The van der Waals surface area contributed by atoms with E-state index in [4.69, 9.17) is 5.73 Å². The topological polar surface area (TPSA) is 54.1 Å². The van der Waals surface area contributed by atoms with Crippen LogP contribution in [-0.4, -0.2) is 56.1 Å². The van der Waals surface area contributed by atoms with Crippen LogP contribution in [-0.2, 0) is 0 Å². The van der Waals surface area contributed by atoms with E-state index in [-0.39, 0.29) is 11.8 Å². The number of nitrogens with two attached hydrogens (primary N) is 1. The van der Waals surface area contributed by atoms with Gasteiger partial charge >= 0.3 is 6.61 Å². The average molecular weight is 298 g/mol. The van der Waals surface area contributed by atoms with Crippen LogP contribution in [0.3, 0.4) is 0 Å². The highest BCUT2D eigenvalue weighted by Gasteiger charge is 2.29. The van der Waals surface area contributed by atoms with Gasteiger partial charge in [0.05, 0.1) is 12.6 Å². The maximum Gasteiger partial charge on any atom is 0.387 e. The standard InChI is InChI=1S/C14H20F2N4O/c1-19(2)7-8-20-11(9-18-14(20)17)10-5-3-4-6-12(10)21-13(15)16/h3-6,11,13H,7-9H2,1-2H3,(H2,17,18). The van der Waals surface area contributed by atoms with Crippen molar-refractivity contribution >= 4 is 5.96 Å². The molecule has 1 aromatic rings. The van der Waals surface area contributed by atoms with Gasteiger partial charge in [0.1, 0.15) is 5.75 Å². The molecule has 116 valence electrons. The monoisotopic (exact) mass is 298 g/mol. The molecule has 1 atom stereocenters. The number of benzene rings is 1. The van der Waals surface area contributed by atoms with Crippen LogP contribution in [0.5, 0.6) is 5.75 Å². The number of halogens is 2. The Bertz CT molecular complexity index is 508. The minimum Gasteiger partial charge on any atom is -0.434 e. The van der Waals surface area contributed by atoms with E-state index in [1.54, 1.807) is 24.3 Å². The number of guanidine groups is 1. The SMILES string of the molecule is CN(C)CCN1C(N)=NCC1c1ccccc1OC(F)F. The molecule has 0 fully saturated rings. The van der Waals surface area contributed by atoms with E-state index in [1.807, 2.05) is 23.9 Å². The van der Waals surface area contributed by atoms with Crippen LogP contribution in [0.4, 0.5) is 8.78 Å². The molecule has 2 N–H and O–H groups in total. The van der Waals surface area contributed by atoms with Crippen molar-refractivity contribution in [3.8, 4) is 5.75 Å². The van der Waals surface area contributed by atoms with E-state index in [0.717, 1.165) is 6.54 Å². The van der Waals surface area contributed by atoms with Crippen molar-refractivity contribution in [1.82, 2.24) is 9.80 Å². The Labute approximate surface area is 123 Å². The lowest BCUT2D eigenvalue weighted by Crippen LogP contribution is -2.40. The first-order chi connectivity index (χ1) is 9.99. The van der Waals surface area contributed by atoms with Crippen molar-refractivity contribution < 1.29 is 13.5 Å². The van der Waals surface area contributed by atoms with Crippen molar-refractivity contribution in [3.05, 3.63) is 29.8 Å². The molecule has 0 spiro atoms. The van der Waals surface area contributed by atoms with Crippen LogP contribution in [0.2, 0.25) is 0 Å². The van der Waals surface area contributed by atoms with E-state index < -0.39 is 6.61 Å². The number of nitrogens with zero attached hydrogens (tertiary/aromatic N) is 3. The second-order valence-corrected chi connectivity index (χ2v) is 5.13. The largest absolute Gasteiger partial charge is 0.434 e. The minimum atomic E-state index is -2.85. The van der Waals surface area contributed by atoms with Gasteiger partial charge in [-0.1, -0.05) is 18.2 Å². The molecule has 0 aliphatic carbocycles. The van der Waals surface area contributed by atoms with Gasteiger partial charge in [0.2, 0.25) is 0 Å². The van der Waals surface area contributed by atoms with Gasteiger partial charge in [0.25, 0.3) is 0 Å². The van der Waals surface area contributed by atoms with Gasteiger partial charge in [0, 0.05) is 18.7 Å². The van der Waals surface area contributed by atoms with Crippen LogP contribution >= 0.6 is 0 Å². The Hall–Kier alpha value is -1.89. The number of hydrogen-bond acceptors (Lipinski definition) is 5. The van der Waals surface area contributed by atoms with Crippen LogP contribution in [0.15, 0.2) is 29.3 Å². The molecule has 0 amide bonds. The minimum absolute atomic E-state index is 0.167. The van der Waals surface area contributed by atoms with Gasteiger partial charge in [-0.15, -0.1) is 0 Å². The van der Waals surface area contributed by atoms with Crippen molar-refractivity contribution in [3.63, 3.8) is 0 Å². The molecule has 1 heterocycles. The normalized spacial score (nSPS) is 18.5. The Balaban J connectivity index is 2.20. The quantitative estimate of drug-likeness (QED) is 0.865. The van der Waals surface area contributed by atoms with E-state index in [1.165, 1.54) is 0 Å². The number of para-hydroxylation sites is 1. The molecule has 1 unspecified atom stereocenters. The number of ether oxygens (including phenoxy) is 1. The molecular weight excluding hydrogens is 278 g/mol. The van der Waals surface area contributed by atoms with E-state index >= 15 is 0 Å². The smallest absolute Gasteiger partial charge is 0.387 e. The lowest BCUT2D eigenvalue weighted by Gasteiger charge is -2.28. The van der Waals surface area contributed by atoms with E-state index in [2.05, 4.69) is 9.73 Å². The molecule has 0 saturated heterocycles. The third-order valence-electron chi connectivity index (χ3n) is 3.38. The fraction of sp³-hybridized carbons (Fsp3) is 0.500. The van der Waals surface area contributed by atoms with Gasteiger partial charge in [-0.3, -0.25) is 4.99 Å². The molecular formula is C14H20F2N4O. The summed E-state index contributed by atoms with van der Waals surface area (Å²) < 4.78 is 29.6. The zero-order chi connectivity index (χ0) is 15.4. The number of aliphatic imine (C=N–C) groups is 1. The number of likely N-dealkylation sites (N-methyl/N-ethyl adjacent to an activating group) is 1. The first-order valence-electron chi connectivity index (χ1n) is 6.74. The third-order valence-corrected chi connectivity index (χ3v) is 3.38. The zero-order valence-electron chi connectivity index (χ0n) is 12.2. The predicted octanol–water partition coefficient (Wildman–Crippen LogP) is 1.52. The maximum atomic E-state index is 12.5. The summed E-state index contributed by atoms with van der Waals surface area (Å²) in [5.74, 6) is 0.617. The Morgan fingerprint density at radius 3 is 2.81 bits per heavy atom. The van der Waals surface area contributed by atoms with E-state index in [9.17, 15) is 8.78 Å². The molecule has 2 rings (SSSR count). The van der Waals surface area contributed by atoms with Crippen molar-refractivity contribution in [2.75, 3.05) is 33.7 Å². The Morgan fingerprint density at radius 2 is 2.14 bits per heavy atom. The second kappa shape index (κ2) is 6.71. The molecule has 5 nitrogen and oxygen atoms in total. The summed E-state index contributed by atoms with van der Waals surface area (Å²) in [4.78, 5) is 8.19. The summed E-state index contributed by atoms with van der Waals surface area (Å²) in [6.45, 7) is -0.926. The summed E-state index contributed by atoms with van der Waals surface area (Å²) in [6.07, 6.45) is 0. The van der Waals surface area contributed by atoms with Crippen molar-refractivity contribution in [1.29, 1.82) is 0 Å². The molecule has 7 heteroatoms. The number of rotatable bonds is 6. The molecule has 1 aliphatic heterocycles. The highest BCUT2D eigenvalue weighted by Crippen LogP contribution is 2.32. The Morgan fingerprint density at radius 1 is 1.43 bits per heavy atom. The van der Waals surface area contributed by atoms with Gasteiger partial charge in [-0.05, 0) is 20.2 Å². The molecule has 1 aliphatic rings. The molecule has 21 heavy (non-hydrogen) atoms. The number of hydrogen-bond donors (Lipinski definition) is 1. The summed E-state index contributed by atoms with van der Waals surface area (Å²) in [6, 6.07) is 6.62. The van der Waals surface area contributed by atoms with Crippen LogP contribution < -0.4 is 10.5 Å². The summed E-state index contributed by atoms with van der Waals surface area (Å²) in [7, 11) is 3.93. The van der Waals surface area contributed by atoms with Crippen molar-refractivity contribution in [2.24, 2.45) is 10.7 Å². The number of alkyl halides is 2. The molecule has 0 bridgehead atoms. The fourth-order valence-corrected chi connectivity index (χ4v) is 2.33. The molecule has 1 aromatic carbocycles. The third kappa shape index (κ3) is 3.81. The van der Waals surface area contributed by atoms with Gasteiger partial charge < -0.3 is 20.3 Å². The summed E-state index contributed by atoms with van der Waals surface area (Å²) >= 11 is 0. The lowest BCUT2D eigenvalue weighted by atomic mass is 10.1. The van der Waals surface area contributed by atoms with Gasteiger partial charge in [-0.2, -0.15) is 8.78 Å². The van der Waals surface area contributed by atoms with Gasteiger partial charge in [0.15, 0.2) is 5.96 Å². The Kier molecular flexibility index (Phi) is 4.95. The lowest BCUT2D eigenvalue weighted by molar-refractivity contribution is -0.0509. The predicted molar refractivity (Wildman–Crippen MR) is 77.6 cm³/mol. The van der Waals surface area contributed by atoms with Crippen LogP contribution in [0, 0.1) is 0 Å².